The second-order valence-corrected chi connectivity index (χ2v) is 7.54. The van der Waals surface area contributed by atoms with Crippen molar-refractivity contribution in [2.45, 2.75) is 38.8 Å². The van der Waals surface area contributed by atoms with Crippen LogP contribution in [0.1, 0.15) is 42.0 Å². The van der Waals surface area contributed by atoms with Gasteiger partial charge in [-0.1, -0.05) is 48.0 Å². The van der Waals surface area contributed by atoms with Gasteiger partial charge in [-0.25, -0.2) is 4.68 Å². The molecule has 3 aromatic rings. The van der Waals surface area contributed by atoms with Crippen molar-refractivity contribution in [1.29, 1.82) is 0 Å². The van der Waals surface area contributed by atoms with E-state index in [-0.39, 0.29) is 11.8 Å². The Labute approximate surface area is 169 Å². The van der Waals surface area contributed by atoms with Gasteiger partial charge < -0.3 is 10.1 Å². The highest BCUT2D eigenvalue weighted by atomic mass is 16.5. The van der Waals surface area contributed by atoms with E-state index in [1.54, 1.807) is 4.68 Å². The van der Waals surface area contributed by atoms with E-state index in [2.05, 4.69) is 46.6 Å². The van der Waals surface area contributed by atoms with Gasteiger partial charge in [-0.15, -0.1) is 0 Å². The molecule has 0 fully saturated rings. The van der Waals surface area contributed by atoms with E-state index in [1.807, 2.05) is 24.3 Å². The topological polar surface area (TPSA) is 69.0 Å². The molecule has 0 amide bonds. The maximum Gasteiger partial charge on any atom is 0.226 e. The minimum Gasteiger partial charge on any atom is -0.489 e. The van der Waals surface area contributed by atoms with Gasteiger partial charge in [0, 0.05) is 23.3 Å². The summed E-state index contributed by atoms with van der Waals surface area (Å²) in [6.07, 6.45) is 3.79. The van der Waals surface area contributed by atoms with E-state index in [0.717, 1.165) is 41.0 Å². The molecule has 1 aliphatic heterocycles. The van der Waals surface area contributed by atoms with E-state index in [0.29, 0.717) is 19.0 Å². The smallest absolute Gasteiger partial charge is 0.226 e. The number of anilines is 1. The van der Waals surface area contributed by atoms with Crippen molar-refractivity contribution in [2.75, 3.05) is 5.32 Å². The zero-order valence-corrected chi connectivity index (χ0v) is 16.3. The van der Waals surface area contributed by atoms with E-state index >= 15 is 0 Å². The number of benzene rings is 2. The fourth-order valence-electron chi connectivity index (χ4n) is 4.07. The van der Waals surface area contributed by atoms with Gasteiger partial charge in [-0.3, -0.25) is 4.79 Å². The van der Waals surface area contributed by atoms with Gasteiger partial charge >= 0.3 is 0 Å². The van der Waals surface area contributed by atoms with Crippen LogP contribution in [0.15, 0.2) is 66.1 Å². The van der Waals surface area contributed by atoms with E-state index in [1.165, 1.54) is 11.9 Å². The number of ketones is 1. The number of carbonyl (C=O) groups is 1. The minimum absolute atomic E-state index is 0.165. The molecule has 1 atom stereocenters. The molecule has 1 aliphatic carbocycles. The molecule has 0 saturated carbocycles. The number of carbonyl (C=O) groups excluding carboxylic acids is 1. The first-order valence-electron chi connectivity index (χ1n) is 9.91. The number of ether oxygens (including phenoxy) is 1. The molecule has 1 unspecified atom stereocenters. The summed E-state index contributed by atoms with van der Waals surface area (Å²) in [5.41, 5.74) is 4.99. The van der Waals surface area contributed by atoms with Crippen molar-refractivity contribution in [1.82, 2.24) is 14.8 Å². The first-order chi connectivity index (χ1) is 14.2. The van der Waals surface area contributed by atoms with E-state index < -0.39 is 0 Å². The number of aromatic nitrogens is 3. The Morgan fingerprint density at radius 2 is 1.97 bits per heavy atom. The Morgan fingerprint density at radius 3 is 2.83 bits per heavy atom. The molecular formula is C23H22N4O2. The van der Waals surface area contributed by atoms with Gasteiger partial charge in [-0.05, 0) is 31.4 Å². The minimum atomic E-state index is -0.328. The van der Waals surface area contributed by atoms with E-state index in [9.17, 15) is 4.79 Å². The molecule has 6 heteroatoms. The Hall–Kier alpha value is -3.41. The molecule has 0 spiro atoms. The number of Topliss-reactive ketones (excluding diaryl/α,β-unsaturated/α-hetero) is 1. The highest BCUT2D eigenvalue weighted by Gasteiger charge is 2.37. The third-order valence-electron chi connectivity index (χ3n) is 5.54. The molecule has 0 radical (unpaired) electrons. The lowest BCUT2D eigenvalue weighted by Crippen LogP contribution is -2.31. The third-order valence-corrected chi connectivity index (χ3v) is 5.54. The second kappa shape index (κ2) is 7.20. The molecule has 2 aromatic carbocycles. The zero-order valence-electron chi connectivity index (χ0n) is 16.3. The Morgan fingerprint density at radius 1 is 1.14 bits per heavy atom. The second-order valence-electron chi connectivity index (χ2n) is 7.54. The van der Waals surface area contributed by atoms with Crippen LogP contribution in [0.4, 0.5) is 5.95 Å². The van der Waals surface area contributed by atoms with Crippen molar-refractivity contribution in [2.24, 2.45) is 0 Å². The molecule has 0 bridgehead atoms. The van der Waals surface area contributed by atoms with Crippen molar-refractivity contribution in [3.63, 3.8) is 0 Å². The van der Waals surface area contributed by atoms with Gasteiger partial charge in [0.25, 0.3) is 0 Å². The summed E-state index contributed by atoms with van der Waals surface area (Å²) in [5, 5.41) is 7.71. The molecule has 146 valence electrons. The van der Waals surface area contributed by atoms with Gasteiger partial charge in [0.1, 0.15) is 24.7 Å². The number of aryl methyl sites for hydroxylation is 1. The van der Waals surface area contributed by atoms with Crippen LogP contribution in [0.5, 0.6) is 5.75 Å². The Bertz CT molecular complexity index is 1100. The van der Waals surface area contributed by atoms with Gasteiger partial charge in [0.05, 0.1) is 0 Å². The summed E-state index contributed by atoms with van der Waals surface area (Å²) < 4.78 is 7.99. The van der Waals surface area contributed by atoms with Gasteiger partial charge in [0.15, 0.2) is 5.78 Å². The molecule has 2 heterocycles. The highest BCUT2D eigenvalue weighted by molar-refractivity contribution is 5.99. The number of nitrogens with one attached hydrogen (secondary N) is 1. The predicted molar refractivity (Wildman–Crippen MR) is 110 cm³/mol. The van der Waals surface area contributed by atoms with Crippen LogP contribution in [0, 0.1) is 6.92 Å². The van der Waals surface area contributed by atoms with Crippen LogP contribution in [-0.4, -0.2) is 20.5 Å². The van der Waals surface area contributed by atoms with Crippen LogP contribution < -0.4 is 10.1 Å². The third kappa shape index (κ3) is 3.20. The number of allylic oxidation sites excluding steroid dienone is 2. The van der Waals surface area contributed by atoms with Crippen LogP contribution in [-0.2, 0) is 11.4 Å². The molecule has 1 aromatic heterocycles. The predicted octanol–water partition coefficient (Wildman–Crippen LogP) is 4.19. The first kappa shape index (κ1) is 17.7. The number of nitrogens with zero attached hydrogens (tertiary/aromatic N) is 3. The summed E-state index contributed by atoms with van der Waals surface area (Å²) >= 11 is 0. The number of hydrogen-bond donors (Lipinski definition) is 1. The first-order valence-corrected chi connectivity index (χ1v) is 9.91. The standard InChI is InChI=1S/C23H22N4O2/c1-15-9-11-16(12-10-15)13-29-20-8-3-2-5-17(20)22-21-18(6-4-7-19(21)28)26-23-24-14-25-27(22)23/h2-3,5,8-12,14,22H,4,6-7,13H2,1H3,(H,24,25,26). The van der Waals surface area contributed by atoms with Crippen LogP contribution in [0.3, 0.4) is 0 Å². The zero-order chi connectivity index (χ0) is 19.8. The number of hydrogen-bond acceptors (Lipinski definition) is 5. The Kier molecular flexibility index (Phi) is 4.39. The quantitative estimate of drug-likeness (QED) is 0.728. The summed E-state index contributed by atoms with van der Waals surface area (Å²) in [6, 6.07) is 15.9. The monoisotopic (exact) mass is 386 g/mol. The molecular weight excluding hydrogens is 364 g/mol. The van der Waals surface area contributed by atoms with Gasteiger partial charge in [-0.2, -0.15) is 10.1 Å². The summed E-state index contributed by atoms with van der Waals surface area (Å²) in [4.78, 5) is 17.2. The van der Waals surface area contributed by atoms with Crippen molar-refractivity contribution < 1.29 is 9.53 Å². The average molecular weight is 386 g/mol. The average Bonchev–Trinajstić information content (AvgIpc) is 3.21. The SMILES string of the molecule is Cc1ccc(COc2ccccc2C2C3=C(CCCC3=O)Nc3ncnn32)cc1. The fourth-order valence-corrected chi connectivity index (χ4v) is 4.07. The lowest BCUT2D eigenvalue weighted by molar-refractivity contribution is -0.116. The number of fused-ring (bicyclic) bond motifs is 1. The maximum absolute atomic E-state index is 12.9. The molecule has 5 rings (SSSR count). The highest BCUT2D eigenvalue weighted by Crippen LogP contribution is 2.42. The van der Waals surface area contributed by atoms with E-state index in [4.69, 9.17) is 4.74 Å². The van der Waals surface area contributed by atoms with Gasteiger partial charge in [0.2, 0.25) is 5.95 Å². The molecule has 6 nitrogen and oxygen atoms in total. The molecule has 1 N–H and O–H groups in total. The van der Waals surface area contributed by atoms with Crippen LogP contribution in [0.2, 0.25) is 0 Å². The molecule has 2 aliphatic rings. The summed E-state index contributed by atoms with van der Waals surface area (Å²) in [5.74, 6) is 1.58. The normalized spacial score (nSPS) is 18.1. The molecule has 0 saturated heterocycles. The van der Waals surface area contributed by atoms with Crippen molar-refractivity contribution in [3.8, 4) is 5.75 Å². The lowest BCUT2D eigenvalue weighted by atomic mass is 9.85. The number of para-hydroxylation sites is 1. The Balaban J connectivity index is 1.54. The largest absolute Gasteiger partial charge is 0.489 e. The van der Waals surface area contributed by atoms with Crippen LogP contribution >= 0.6 is 0 Å². The van der Waals surface area contributed by atoms with Crippen molar-refractivity contribution >= 4 is 11.7 Å². The lowest BCUT2D eigenvalue weighted by Gasteiger charge is -2.32. The summed E-state index contributed by atoms with van der Waals surface area (Å²) in [7, 11) is 0. The van der Waals surface area contributed by atoms with Crippen molar-refractivity contribution in [3.05, 3.63) is 82.8 Å². The summed E-state index contributed by atoms with van der Waals surface area (Å²) in [6.45, 7) is 2.53. The number of rotatable bonds is 4. The fraction of sp³-hybridized carbons (Fsp3) is 0.261. The maximum atomic E-state index is 12.9. The van der Waals surface area contributed by atoms with Crippen LogP contribution in [0.25, 0.3) is 0 Å². The molecule has 29 heavy (non-hydrogen) atoms.